The molecule has 0 aromatic carbocycles. The van der Waals surface area contributed by atoms with Gasteiger partial charge < -0.3 is 4.90 Å². The van der Waals surface area contributed by atoms with Crippen molar-refractivity contribution in [2.75, 3.05) is 23.9 Å². The molecule has 14 heavy (non-hydrogen) atoms. The number of hydrogen-bond acceptors (Lipinski definition) is 4. The molecule has 0 saturated heterocycles. The van der Waals surface area contributed by atoms with E-state index >= 15 is 0 Å². The van der Waals surface area contributed by atoms with Crippen molar-refractivity contribution in [1.29, 1.82) is 0 Å². The molecular formula is C9H16ClN3S. The summed E-state index contributed by atoms with van der Waals surface area (Å²) in [6, 6.07) is 0. The van der Waals surface area contributed by atoms with Crippen molar-refractivity contribution in [2.24, 2.45) is 0 Å². The van der Waals surface area contributed by atoms with Crippen molar-refractivity contribution >= 4 is 28.3 Å². The first kappa shape index (κ1) is 11.7. The van der Waals surface area contributed by atoms with Gasteiger partial charge in [-0.05, 0) is 13.3 Å². The van der Waals surface area contributed by atoms with Crippen LogP contribution in [0.5, 0.6) is 0 Å². The molecule has 0 spiro atoms. The second kappa shape index (κ2) is 6.19. The van der Waals surface area contributed by atoms with Gasteiger partial charge in [0.2, 0.25) is 5.13 Å². The molecule has 0 atom stereocenters. The van der Waals surface area contributed by atoms with Gasteiger partial charge >= 0.3 is 0 Å². The van der Waals surface area contributed by atoms with Gasteiger partial charge in [-0.1, -0.05) is 6.92 Å². The highest BCUT2D eigenvalue weighted by molar-refractivity contribution is 7.09. The highest BCUT2D eigenvalue weighted by Crippen LogP contribution is 2.17. The normalized spacial score (nSPS) is 10.5. The van der Waals surface area contributed by atoms with E-state index in [9.17, 15) is 0 Å². The zero-order valence-electron chi connectivity index (χ0n) is 8.66. The Morgan fingerprint density at radius 1 is 1.43 bits per heavy atom. The van der Waals surface area contributed by atoms with Crippen LogP contribution >= 0.6 is 23.1 Å². The number of halogens is 1. The zero-order valence-corrected chi connectivity index (χ0v) is 10.2. The van der Waals surface area contributed by atoms with Crippen molar-refractivity contribution < 1.29 is 0 Å². The monoisotopic (exact) mass is 233 g/mol. The summed E-state index contributed by atoms with van der Waals surface area (Å²) in [6.07, 6.45) is 2.06. The first-order valence-corrected chi connectivity index (χ1v) is 6.26. The van der Waals surface area contributed by atoms with Gasteiger partial charge in [0.15, 0.2) is 0 Å². The number of rotatable bonds is 6. The first-order valence-electron chi connectivity index (χ1n) is 4.95. The van der Waals surface area contributed by atoms with E-state index in [0.29, 0.717) is 5.88 Å². The smallest absolute Gasteiger partial charge is 0.205 e. The van der Waals surface area contributed by atoms with Crippen LogP contribution in [0.25, 0.3) is 0 Å². The van der Waals surface area contributed by atoms with Gasteiger partial charge in [-0.15, -0.1) is 11.6 Å². The highest BCUT2D eigenvalue weighted by Gasteiger charge is 2.09. The quantitative estimate of drug-likeness (QED) is 0.708. The third-order valence-corrected chi connectivity index (χ3v) is 2.92. The molecular weight excluding hydrogens is 218 g/mol. The van der Waals surface area contributed by atoms with E-state index in [4.69, 9.17) is 11.6 Å². The number of anilines is 1. The molecule has 0 radical (unpaired) electrons. The fourth-order valence-corrected chi connectivity index (χ4v) is 2.19. The molecule has 1 aromatic heterocycles. The lowest BCUT2D eigenvalue weighted by atomic mass is 10.3. The van der Waals surface area contributed by atoms with Crippen molar-refractivity contribution in [3.63, 3.8) is 0 Å². The number of alkyl halides is 1. The molecule has 0 aliphatic carbocycles. The molecule has 0 N–H and O–H groups in total. The summed E-state index contributed by atoms with van der Waals surface area (Å²) in [5, 5.41) is 0.997. The zero-order chi connectivity index (χ0) is 10.4. The minimum Gasteiger partial charge on any atom is -0.346 e. The van der Waals surface area contributed by atoms with E-state index < -0.39 is 0 Å². The average Bonchev–Trinajstić information content (AvgIpc) is 2.63. The molecule has 3 nitrogen and oxygen atoms in total. The summed E-state index contributed by atoms with van der Waals surface area (Å²) >= 11 is 7.18. The molecule has 0 saturated carbocycles. The van der Waals surface area contributed by atoms with E-state index in [0.717, 1.165) is 36.9 Å². The van der Waals surface area contributed by atoms with Crippen LogP contribution in [0.2, 0.25) is 0 Å². The van der Waals surface area contributed by atoms with E-state index in [1.807, 2.05) is 0 Å². The summed E-state index contributed by atoms with van der Waals surface area (Å²) in [6.45, 7) is 6.02. The van der Waals surface area contributed by atoms with Gasteiger partial charge in [0.1, 0.15) is 5.82 Å². The third kappa shape index (κ3) is 3.10. The predicted octanol–water partition coefficient (Wildman–Crippen LogP) is 2.56. The molecule has 5 heteroatoms. The SMILES string of the molecule is CCCc1nsc(N(CC)CCCl)n1. The predicted molar refractivity (Wildman–Crippen MR) is 62.5 cm³/mol. The minimum absolute atomic E-state index is 0.635. The van der Waals surface area contributed by atoms with Crippen LogP contribution in [-0.2, 0) is 6.42 Å². The maximum Gasteiger partial charge on any atom is 0.205 e. The molecule has 0 aliphatic heterocycles. The molecule has 0 amide bonds. The Bertz CT molecular complexity index is 264. The van der Waals surface area contributed by atoms with E-state index in [1.165, 1.54) is 11.5 Å². The Balaban J connectivity index is 2.63. The molecule has 80 valence electrons. The molecule has 0 unspecified atom stereocenters. The van der Waals surface area contributed by atoms with Crippen LogP contribution in [0, 0.1) is 0 Å². The molecule has 1 rings (SSSR count). The Hall–Kier alpha value is -0.350. The van der Waals surface area contributed by atoms with Gasteiger partial charge in [0, 0.05) is 36.9 Å². The fourth-order valence-electron chi connectivity index (χ4n) is 1.19. The van der Waals surface area contributed by atoms with E-state index in [1.54, 1.807) is 0 Å². The lowest BCUT2D eigenvalue weighted by Gasteiger charge is -2.16. The van der Waals surface area contributed by atoms with Crippen LogP contribution in [0.1, 0.15) is 26.1 Å². The lowest BCUT2D eigenvalue weighted by Crippen LogP contribution is -2.24. The Morgan fingerprint density at radius 3 is 2.79 bits per heavy atom. The third-order valence-electron chi connectivity index (χ3n) is 1.94. The number of nitrogens with zero attached hydrogens (tertiary/aromatic N) is 3. The molecule has 1 heterocycles. The first-order chi connectivity index (χ1) is 6.81. The molecule has 0 bridgehead atoms. The maximum atomic E-state index is 5.71. The van der Waals surface area contributed by atoms with Gasteiger partial charge in [0.05, 0.1) is 0 Å². The second-order valence-electron chi connectivity index (χ2n) is 3.01. The van der Waals surface area contributed by atoms with Crippen molar-refractivity contribution in [2.45, 2.75) is 26.7 Å². The van der Waals surface area contributed by atoms with Gasteiger partial charge in [-0.3, -0.25) is 0 Å². The van der Waals surface area contributed by atoms with Crippen LogP contribution in [0.4, 0.5) is 5.13 Å². The van der Waals surface area contributed by atoms with Crippen molar-refractivity contribution in [3.05, 3.63) is 5.82 Å². The Kier molecular flexibility index (Phi) is 5.19. The lowest BCUT2D eigenvalue weighted by molar-refractivity contribution is 0.831. The van der Waals surface area contributed by atoms with Crippen LogP contribution in [-0.4, -0.2) is 28.3 Å². The minimum atomic E-state index is 0.635. The molecule has 0 fully saturated rings. The summed E-state index contributed by atoms with van der Waals surface area (Å²) in [7, 11) is 0. The largest absolute Gasteiger partial charge is 0.346 e. The second-order valence-corrected chi connectivity index (χ2v) is 4.12. The van der Waals surface area contributed by atoms with Gasteiger partial charge in [-0.2, -0.15) is 4.37 Å². The maximum absolute atomic E-state index is 5.71. The van der Waals surface area contributed by atoms with Crippen LogP contribution in [0.15, 0.2) is 0 Å². The number of hydrogen-bond donors (Lipinski definition) is 0. The fraction of sp³-hybridized carbons (Fsp3) is 0.778. The number of aromatic nitrogens is 2. The summed E-state index contributed by atoms with van der Waals surface area (Å²) in [5.41, 5.74) is 0. The van der Waals surface area contributed by atoms with E-state index in [-0.39, 0.29) is 0 Å². The number of aryl methyl sites for hydroxylation is 1. The highest BCUT2D eigenvalue weighted by atomic mass is 35.5. The summed E-state index contributed by atoms with van der Waals surface area (Å²) in [4.78, 5) is 6.62. The molecule has 0 aliphatic rings. The Labute approximate surface area is 94.3 Å². The standard InChI is InChI=1S/C9H16ClN3S/c1-3-5-8-11-9(14-12-8)13(4-2)7-6-10/h3-7H2,1-2H3. The van der Waals surface area contributed by atoms with E-state index in [2.05, 4.69) is 28.1 Å². The van der Waals surface area contributed by atoms with Crippen molar-refractivity contribution in [1.82, 2.24) is 9.36 Å². The van der Waals surface area contributed by atoms with Gasteiger partial charge in [0.25, 0.3) is 0 Å². The van der Waals surface area contributed by atoms with Crippen LogP contribution < -0.4 is 4.90 Å². The summed E-state index contributed by atoms with van der Waals surface area (Å²) < 4.78 is 4.30. The van der Waals surface area contributed by atoms with Crippen molar-refractivity contribution in [3.8, 4) is 0 Å². The topological polar surface area (TPSA) is 29.0 Å². The van der Waals surface area contributed by atoms with Gasteiger partial charge in [-0.25, -0.2) is 4.98 Å². The average molecular weight is 234 g/mol. The Morgan fingerprint density at radius 2 is 2.21 bits per heavy atom. The molecule has 1 aromatic rings. The summed E-state index contributed by atoms with van der Waals surface area (Å²) in [5.74, 6) is 1.59. The van der Waals surface area contributed by atoms with Crippen LogP contribution in [0.3, 0.4) is 0 Å².